The van der Waals surface area contributed by atoms with E-state index in [1.807, 2.05) is 22.9 Å². The van der Waals surface area contributed by atoms with E-state index in [0.717, 1.165) is 11.1 Å². The second-order valence-electron chi connectivity index (χ2n) is 7.11. The standard InChI is InChI=1S/C21H20N2/c1-5-14-9-10-16-15(12-14)13-17(21(2,3)4)19-18-8-6-7-11-23(18)22-20(16)19/h5-13H,1H2,2-4H3. The van der Waals surface area contributed by atoms with Crippen molar-refractivity contribution < 1.29 is 0 Å². The molecule has 23 heavy (non-hydrogen) atoms. The number of benzene rings is 2. The third-order valence-electron chi connectivity index (χ3n) is 4.48. The van der Waals surface area contributed by atoms with Crippen LogP contribution in [-0.4, -0.2) is 9.61 Å². The van der Waals surface area contributed by atoms with E-state index in [2.05, 4.69) is 63.7 Å². The van der Waals surface area contributed by atoms with E-state index < -0.39 is 0 Å². The van der Waals surface area contributed by atoms with Crippen molar-refractivity contribution in [1.82, 2.24) is 9.61 Å². The lowest BCUT2D eigenvalue weighted by molar-refractivity contribution is 0.597. The second kappa shape index (κ2) is 4.69. The number of nitrogens with zero attached hydrogens (tertiary/aromatic N) is 2. The van der Waals surface area contributed by atoms with Gasteiger partial charge in [-0.2, -0.15) is 5.10 Å². The summed E-state index contributed by atoms with van der Waals surface area (Å²) in [6, 6.07) is 15.0. The van der Waals surface area contributed by atoms with Crippen LogP contribution >= 0.6 is 0 Å². The lowest BCUT2D eigenvalue weighted by Gasteiger charge is -2.21. The largest absolute Gasteiger partial charge is 0.240 e. The molecule has 2 nitrogen and oxygen atoms in total. The third-order valence-corrected chi connectivity index (χ3v) is 4.48. The van der Waals surface area contributed by atoms with Gasteiger partial charge in [0.05, 0.1) is 5.52 Å². The van der Waals surface area contributed by atoms with Crippen LogP contribution in [0.5, 0.6) is 0 Å². The highest BCUT2D eigenvalue weighted by Crippen LogP contribution is 2.37. The van der Waals surface area contributed by atoms with Gasteiger partial charge in [0.2, 0.25) is 0 Å². The number of aromatic nitrogens is 2. The molecule has 0 spiro atoms. The minimum Gasteiger partial charge on any atom is -0.240 e. The number of fused-ring (bicyclic) bond motifs is 5. The maximum atomic E-state index is 4.86. The summed E-state index contributed by atoms with van der Waals surface area (Å²) in [5.41, 5.74) is 4.77. The van der Waals surface area contributed by atoms with Crippen LogP contribution in [0.4, 0.5) is 0 Å². The molecule has 2 aromatic carbocycles. The number of rotatable bonds is 1. The van der Waals surface area contributed by atoms with Gasteiger partial charge in [-0.1, -0.05) is 51.6 Å². The Morgan fingerprint density at radius 3 is 2.65 bits per heavy atom. The predicted octanol–water partition coefficient (Wildman–Crippen LogP) is 5.58. The van der Waals surface area contributed by atoms with Crippen LogP contribution in [-0.2, 0) is 5.41 Å². The van der Waals surface area contributed by atoms with Crippen molar-refractivity contribution in [3.05, 3.63) is 66.4 Å². The number of pyridine rings is 1. The molecular weight excluding hydrogens is 280 g/mol. The van der Waals surface area contributed by atoms with Crippen molar-refractivity contribution in [2.75, 3.05) is 0 Å². The Bertz CT molecular complexity index is 1060. The SMILES string of the molecule is C=Cc1ccc2c(c1)cc(C(C)(C)C)c1c2nn2ccccc12. The van der Waals surface area contributed by atoms with Gasteiger partial charge in [-0.05, 0) is 46.2 Å². The first-order valence-corrected chi connectivity index (χ1v) is 7.96. The zero-order valence-corrected chi connectivity index (χ0v) is 13.8. The van der Waals surface area contributed by atoms with Gasteiger partial charge >= 0.3 is 0 Å². The minimum absolute atomic E-state index is 0.0516. The molecule has 0 N–H and O–H groups in total. The highest BCUT2D eigenvalue weighted by atomic mass is 15.2. The van der Waals surface area contributed by atoms with E-state index in [9.17, 15) is 0 Å². The average molecular weight is 300 g/mol. The summed E-state index contributed by atoms with van der Waals surface area (Å²) >= 11 is 0. The average Bonchev–Trinajstić information content (AvgIpc) is 2.92. The maximum Gasteiger partial charge on any atom is 0.101 e. The van der Waals surface area contributed by atoms with Crippen molar-refractivity contribution in [3.63, 3.8) is 0 Å². The van der Waals surface area contributed by atoms with Gasteiger partial charge in [0.25, 0.3) is 0 Å². The first-order valence-electron chi connectivity index (χ1n) is 7.96. The molecule has 114 valence electrons. The Hall–Kier alpha value is -2.61. The Kier molecular flexibility index (Phi) is 2.86. The monoisotopic (exact) mass is 300 g/mol. The Morgan fingerprint density at radius 1 is 1.09 bits per heavy atom. The van der Waals surface area contributed by atoms with Crippen molar-refractivity contribution in [2.45, 2.75) is 26.2 Å². The van der Waals surface area contributed by atoms with Crippen molar-refractivity contribution in [3.8, 4) is 0 Å². The summed E-state index contributed by atoms with van der Waals surface area (Å²) in [6.45, 7) is 10.7. The fourth-order valence-corrected chi connectivity index (χ4v) is 3.32. The van der Waals surface area contributed by atoms with Crippen LogP contribution in [0.2, 0.25) is 0 Å². The smallest absolute Gasteiger partial charge is 0.101 e. The Labute approximate surface area is 136 Å². The molecule has 0 aliphatic heterocycles. The molecule has 0 aliphatic carbocycles. The molecule has 0 radical (unpaired) electrons. The summed E-state index contributed by atoms with van der Waals surface area (Å²) in [5, 5.41) is 8.55. The normalized spacial score (nSPS) is 12.3. The van der Waals surface area contributed by atoms with Crippen LogP contribution in [0.3, 0.4) is 0 Å². The summed E-state index contributed by atoms with van der Waals surface area (Å²) in [7, 11) is 0. The third kappa shape index (κ3) is 2.06. The molecule has 0 amide bonds. The summed E-state index contributed by atoms with van der Waals surface area (Å²) < 4.78 is 1.99. The van der Waals surface area contributed by atoms with Crippen molar-refractivity contribution >= 4 is 33.3 Å². The van der Waals surface area contributed by atoms with E-state index in [1.165, 1.54) is 27.2 Å². The van der Waals surface area contributed by atoms with Crippen molar-refractivity contribution in [2.24, 2.45) is 0 Å². The van der Waals surface area contributed by atoms with Gasteiger partial charge in [0.15, 0.2) is 0 Å². The molecule has 0 atom stereocenters. The van der Waals surface area contributed by atoms with Crippen LogP contribution in [0, 0.1) is 0 Å². The van der Waals surface area contributed by atoms with Gasteiger partial charge in [-0.15, -0.1) is 0 Å². The first kappa shape index (κ1) is 14.0. The summed E-state index contributed by atoms with van der Waals surface area (Å²) in [4.78, 5) is 0. The van der Waals surface area contributed by atoms with Gasteiger partial charge in [0.1, 0.15) is 5.52 Å². The van der Waals surface area contributed by atoms with Crippen LogP contribution in [0.1, 0.15) is 31.9 Å². The zero-order valence-electron chi connectivity index (χ0n) is 13.8. The lowest BCUT2D eigenvalue weighted by atomic mass is 9.83. The Balaban J connectivity index is 2.28. The minimum atomic E-state index is 0.0516. The molecule has 4 rings (SSSR count). The summed E-state index contributed by atoms with van der Waals surface area (Å²) in [6.07, 6.45) is 3.91. The zero-order chi connectivity index (χ0) is 16.2. The van der Waals surface area contributed by atoms with Gasteiger partial charge in [0, 0.05) is 17.0 Å². The fraction of sp³-hybridized carbons (Fsp3) is 0.190. The molecular formula is C21H20N2. The molecule has 2 heterocycles. The molecule has 0 unspecified atom stereocenters. The first-order chi connectivity index (χ1) is 11.0. The fourth-order valence-electron chi connectivity index (χ4n) is 3.32. The predicted molar refractivity (Wildman–Crippen MR) is 99.0 cm³/mol. The lowest BCUT2D eigenvalue weighted by Crippen LogP contribution is -2.11. The quantitative estimate of drug-likeness (QED) is 0.448. The Morgan fingerprint density at radius 2 is 1.91 bits per heavy atom. The van der Waals surface area contributed by atoms with Gasteiger partial charge in [-0.25, -0.2) is 4.52 Å². The highest BCUT2D eigenvalue weighted by Gasteiger charge is 2.22. The van der Waals surface area contributed by atoms with E-state index in [1.54, 1.807) is 0 Å². The van der Waals surface area contributed by atoms with Crippen LogP contribution in [0.15, 0.2) is 55.2 Å². The van der Waals surface area contributed by atoms with Crippen LogP contribution < -0.4 is 0 Å². The summed E-state index contributed by atoms with van der Waals surface area (Å²) in [5.74, 6) is 0. The highest BCUT2D eigenvalue weighted by molar-refractivity contribution is 6.13. The molecule has 0 saturated carbocycles. The second-order valence-corrected chi connectivity index (χ2v) is 7.11. The van der Waals surface area contributed by atoms with Crippen molar-refractivity contribution in [1.29, 1.82) is 0 Å². The van der Waals surface area contributed by atoms with E-state index in [0.29, 0.717) is 0 Å². The molecule has 4 aromatic rings. The molecule has 2 aromatic heterocycles. The maximum absolute atomic E-state index is 4.86. The topological polar surface area (TPSA) is 17.3 Å². The molecule has 0 bridgehead atoms. The van der Waals surface area contributed by atoms with E-state index >= 15 is 0 Å². The van der Waals surface area contributed by atoms with Gasteiger partial charge < -0.3 is 0 Å². The van der Waals surface area contributed by atoms with E-state index in [4.69, 9.17) is 5.10 Å². The molecule has 0 fully saturated rings. The van der Waals surface area contributed by atoms with Gasteiger partial charge in [-0.3, -0.25) is 0 Å². The number of hydrogen-bond donors (Lipinski definition) is 0. The molecule has 0 saturated heterocycles. The molecule has 0 aliphatic rings. The number of hydrogen-bond acceptors (Lipinski definition) is 1. The van der Waals surface area contributed by atoms with Crippen LogP contribution in [0.25, 0.3) is 33.3 Å². The van der Waals surface area contributed by atoms with E-state index in [-0.39, 0.29) is 5.41 Å². The molecule has 2 heteroatoms.